The molecule has 1 heterocycles. The van der Waals surface area contributed by atoms with Crippen LogP contribution in [0.5, 0.6) is 0 Å². The molecule has 1 saturated carbocycles. The van der Waals surface area contributed by atoms with Crippen molar-refractivity contribution in [1.82, 2.24) is 10.2 Å². The van der Waals surface area contributed by atoms with Crippen LogP contribution in [0.15, 0.2) is 0 Å². The topological polar surface area (TPSA) is 24.5 Å². The average molecular weight is 282 g/mol. The smallest absolute Gasteiger partial charge is 0.0474 e. The van der Waals surface area contributed by atoms with Gasteiger partial charge in [-0.15, -0.1) is 0 Å². The summed E-state index contributed by atoms with van der Waals surface area (Å²) in [4.78, 5) is 2.77. The minimum absolute atomic E-state index is 0.304. The van der Waals surface area contributed by atoms with Crippen molar-refractivity contribution >= 4 is 0 Å². The Bertz CT molecular complexity index is 278. The van der Waals surface area contributed by atoms with Gasteiger partial charge in [-0.2, -0.15) is 0 Å². The minimum atomic E-state index is 0.304. The van der Waals surface area contributed by atoms with Gasteiger partial charge in [0.2, 0.25) is 0 Å². The standard InChI is InChI=1S/C17H34N2O/c1-4-17(2)14-19(11-8-12-20-3)16(13-18-17)15-9-6-5-7-10-15/h15-16,18H,4-14H2,1-3H3. The molecule has 3 nitrogen and oxygen atoms in total. The van der Waals surface area contributed by atoms with Crippen molar-refractivity contribution in [1.29, 1.82) is 0 Å². The molecule has 2 aliphatic rings. The van der Waals surface area contributed by atoms with E-state index in [-0.39, 0.29) is 0 Å². The predicted octanol–water partition coefficient (Wildman–Crippen LogP) is 3.05. The zero-order valence-corrected chi connectivity index (χ0v) is 13.8. The quantitative estimate of drug-likeness (QED) is 0.758. The van der Waals surface area contributed by atoms with Gasteiger partial charge in [-0.25, -0.2) is 0 Å². The Labute approximate surface area is 125 Å². The first-order valence-corrected chi connectivity index (χ1v) is 8.66. The van der Waals surface area contributed by atoms with E-state index in [1.54, 1.807) is 0 Å². The highest BCUT2D eigenvalue weighted by Gasteiger charge is 2.37. The molecule has 0 aromatic carbocycles. The van der Waals surface area contributed by atoms with Crippen LogP contribution in [0.25, 0.3) is 0 Å². The molecule has 118 valence electrons. The maximum atomic E-state index is 5.25. The highest BCUT2D eigenvalue weighted by Crippen LogP contribution is 2.32. The van der Waals surface area contributed by atoms with Crippen molar-refractivity contribution in [3.63, 3.8) is 0 Å². The first-order valence-electron chi connectivity index (χ1n) is 8.66. The second-order valence-corrected chi connectivity index (χ2v) is 7.08. The Morgan fingerprint density at radius 3 is 2.65 bits per heavy atom. The Kier molecular flexibility index (Phi) is 6.31. The zero-order valence-electron chi connectivity index (χ0n) is 13.8. The first kappa shape index (κ1) is 16.3. The fourth-order valence-electron chi connectivity index (χ4n) is 3.98. The molecule has 3 heteroatoms. The van der Waals surface area contributed by atoms with E-state index in [0.29, 0.717) is 5.54 Å². The normalized spacial score (nSPS) is 33.5. The molecule has 1 saturated heterocycles. The van der Waals surface area contributed by atoms with Gasteiger partial charge < -0.3 is 10.1 Å². The van der Waals surface area contributed by atoms with E-state index in [1.165, 1.54) is 64.6 Å². The van der Waals surface area contributed by atoms with E-state index in [0.717, 1.165) is 18.6 Å². The maximum Gasteiger partial charge on any atom is 0.0474 e. The summed E-state index contributed by atoms with van der Waals surface area (Å²) in [6.45, 7) is 9.17. The number of hydrogen-bond donors (Lipinski definition) is 1. The van der Waals surface area contributed by atoms with Crippen molar-refractivity contribution in [2.75, 3.05) is 33.4 Å². The summed E-state index contributed by atoms with van der Waals surface area (Å²) >= 11 is 0. The number of nitrogens with zero attached hydrogens (tertiary/aromatic N) is 1. The molecular weight excluding hydrogens is 248 g/mol. The molecule has 0 spiro atoms. The summed E-state index contributed by atoms with van der Waals surface area (Å²) in [6.07, 6.45) is 9.60. The van der Waals surface area contributed by atoms with E-state index in [2.05, 4.69) is 24.1 Å². The van der Waals surface area contributed by atoms with Crippen molar-refractivity contribution in [3.05, 3.63) is 0 Å². The highest BCUT2D eigenvalue weighted by molar-refractivity contribution is 4.97. The molecule has 0 aromatic heterocycles. The lowest BCUT2D eigenvalue weighted by Gasteiger charge is -2.49. The van der Waals surface area contributed by atoms with Gasteiger partial charge in [0.1, 0.15) is 0 Å². The number of rotatable bonds is 6. The van der Waals surface area contributed by atoms with E-state index < -0.39 is 0 Å². The number of piperazine rings is 1. The molecule has 2 unspecified atom stereocenters. The predicted molar refractivity (Wildman–Crippen MR) is 85.1 cm³/mol. The molecule has 20 heavy (non-hydrogen) atoms. The Morgan fingerprint density at radius 1 is 1.25 bits per heavy atom. The van der Waals surface area contributed by atoms with Crippen molar-refractivity contribution in [2.45, 2.75) is 70.4 Å². The third-order valence-corrected chi connectivity index (χ3v) is 5.53. The third kappa shape index (κ3) is 4.19. The second kappa shape index (κ2) is 7.77. The van der Waals surface area contributed by atoms with Crippen molar-refractivity contribution in [3.8, 4) is 0 Å². The van der Waals surface area contributed by atoms with Gasteiger partial charge in [-0.1, -0.05) is 26.2 Å². The number of hydrogen-bond acceptors (Lipinski definition) is 3. The second-order valence-electron chi connectivity index (χ2n) is 7.08. The average Bonchev–Trinajstić information content (AvgIpc) is 2.49. The summed E-state index contributed by atoms with van der Waals surface area (Å²) < 4.78 is 5.25. The minimum Gasteiger partial charge on any atom is -0.385 e. The molecule has 2 rings (SSSR count). The molecule has 1 N–H and O–H groups in total. The van der Waals surface area contributed by atoms with Gasteiger partial charge in [0.05, 0.1) is 0 Å². The summed E-state index contributed by atoms with van der Waals surface area (Å²) in [6, 6.07) is 0.756. The fourth-order valence-corrected chi connectivity index (χ4v) is 3.98. The SMILES string of the molecule is CCC1(C)CN(CCCOC)C(C2CCCCC2)CN1. The molecule has 0 aromatic rings. The van der Waals surface area contributed by atoms with Gasteiger partial charge in [0.25, 0.3) is 0 Å². The zero-order chi connectivity index (χ0) is 14.4. The van der Waals surface area contributed by atoms with Crippen LogP contribution < -0.4 is 5.32 Å². The monoisotopic (exact) mass is 282 g/mol. The van der Waals surface area contributed by atoms with Gasteiger partial charge in [0.15, 0.2) is 0 Å². The number of ether oxygens (including phenoxy) is 1. The summed E-state index contributed by atoms with van der Waals surface area (Å²) in [5, 5.41) is 3.84. The maximum absolute atomic E-state index is 5.25. The van der Waals surface area contributed by atoms with E-state index in [9.17, 15) is 0 Å². The van der Waals surface area contributed by atoms with Gasteiger partial charge >= 0.3 is 0 Å². The number of nitrogens with one attached hydrogen (secondary N) is 1. The largest absolute Gasteiger partial charge is 0.385 e. The highest BCUT2D eigenvalue weighted by atomic mass is 16.5. The lowest BCUT2D eigenvalue weighted by molar-refractivity contribution is 0.0343. The van der Waals surface area contributed by atoms with Crippen LogP contribution in [0.1, 0.15) is 58.8 Å². The van der Waals surface area contributed by atoms with E-state index in [4.69, 9.17) is 4.74 Å². The molecule has 1 aliphatic carbocycles. The lowest BCUT2D eigenvalue weighted by Crippen LogP contribution is -2.64. The first-order chi connectivity index (χ1) is 9.68. The lowest BCUT2D eigenvalue weighted by atomic mass is 9.80. The van der Waals surface area contributed by atoms with Gasteiger partial charge in [0, 0.05) is 44.9 Å². The molecule has 0 amide bonds. The summed E-state index contributed by atoms with van der Waals surface area (Å²) in [7, 11) is 1.81. The molecule has 1 aliphatic heterocycles. The summed E-state index contributed by atoms with van der Waals surface area (Å²) in [5.74, 6) is 0.917. The van der Waals surface area contributed by atoms with E-state index >= 15 is 0 Å². The molecular formula is C17H34N2O. The van der Waals surface area contributed by atoms with Crippen molar-refractivity contribution in [2.24, 2.45) is 5.92 Å². The van der Waals surface area contributed by atoms with Crippen LogP contribution >= 0.6 is 0 Å². The van der Waals surface area contributed by atoms with Crippen LogP contribution in [-0.2, 0) is 4.74 Å². The Balaban J connectivity index is 1.96. The van der Waals surface area contributed by atoms with E-state index in [1.807, 2.05) is 7.11 Å². The summed E-state index contributed by atoms with van der Waals surface area (Å²) in [5.41, 5.74) is 0.304. The third-order valence-electron chi connectivity index (χ3n) is 5.53. The molecule has 0 radical (unpaired) electrons. The number of methoxy groups -OCH3 is 1. The van der Waals surface area contributed by atoms with Crippen LogP contribution in [0.4, 0.5) is 0 Å². The van der Waals surface area contributed by atoms with Crippen LogP contribution in [-0.4, -0.2) is 49.8 Å². The van der Waals surface area contributed by atoms with Crippen LogP contribution in [0.3, 0.4) is 0 Å². The molecule has 0 bridgehead atoms. The Hall–Kier alpha value is -0.120. The van der Waals surface area contributed by atoms with Gasteiger partial charge in [-0.05, 0) is 38.5 Å². The Morgan fingerprint density at radius 2 is 2.00 bits per heavy atom. The van der Waals surface area contributed by atoms with Gasteiger partial charge in [-0.3, -0.25) is 4.90 Å². The molecule has 2 fully saturated rings. The molecule has 2 atom stereocenters. The fraction of sp³-hybridized carbons (Fsp3) is 1.00. The van der Waals surface area contributed by atoms with Crippen LogP contribution in [0.2, 0.25) is 0 Å². The van der Waals surface area contributed by atoms with Crippen LogP contribution in [0, 0.1) is 5.92 Å². The van der Waals surface area contributed by atoms with Crippen molar-refractivity contribution < 1.29 is 4.74 Å².